The molecule has 0 atom stereocenters. The fourth-order valence-corrected chi connectivity index (χ4v) is 1.83. The van der Waals surface area contributed by atoms with Crippen molar-refractivity contribution < 1.29 is 9.90 Å². The molecule has 1 aromatic rings. The molecular formula is C12H16N2O2. The van der Waals surface area contributed by atoms with Gasteiger partial charge in [-0.2, -0.15) is 0 Å². The number of anilines is 1. The molecule has 0 saturated carbocycles. The summed E-state index contributed by atoms with van der Waals surface area (Å²) in [5.74, 6) is 0.0698. The maximum Gasteiger partial charge on any atom is 0.228 e. The van der Waals surface area contributed by atoms with Crippen molar-refractivity contribution in [1.82, 2.24) is 5.32 Å². The lowest BCUT2D eigenvalue weighted by Crippen LogP contribution is -2.15. The first-order valence-corrected chi connectivity index (χ1v) is 5.53. The van der Waals surface area contributed by atoms with Gasteiger partial charge in [-0.1, -0.05) is 12.1 Å². The number of hydrogen-bond donors (Lipinski definition) is 3. The van der Waals surface area contributed by atoms with Gasteiger partial charge in [-0.25, -0.2) is 0 Å². The highest BCUT2D eigenvalue weighted by Gasteiger charge is 2.16. The van der Waals surface area contributed by atoms with Crippen molar-refractivity contribution >= 4 is 11.6 Å². The summed E-state index contributed by atoms with van der Waals surface area (Å²) in [6.07, 6.45) is 1.25. The maximum atomic E-state index is 11.2. The summed E-state index contributed by atoms with van der Waals surface area (Å²) in [6.45, 7) is 1.81. The van der Waals surface area contributed by atoms with E-state index in [2.05, 4.69) is 16.7 Å². The molecule has 0 unspecified atom stereocenters. The SMILES string of the molecule is O=C1Cc2cc(CNCCCO)ccc2N1. The van der Waals surface area contributed by atoms with E-state index < -0.39 is 0 Å². The molecule has 0 radical (unpaired) electrons. The number of benzene rings is 1. The molecule has 0 spiro atoms. The Morgan fingerprint density at radius 3 is 3.12 bits per heavy atom. The molecule has 0 fully saturated rings. The van der Waals surface area contributed by atoms with Gasteiger partial charge in [0, 0.05) is 18.8 Å². The Kier molecular flexibility index (Phi) is 3.54. The van der Waals surface area contributed by atoms with Crippen molar-refractivity contribution in [2.24, 2.45) is 0 Å². The number of aliphatic hydroxyl groups is 1. The molecule has 3 N–H and O–H groups in total. The molecule has 0 bridgehead atoms. The number of carbonyl (C=O) groups excluding carboxylic acids is 1. The molecule has 0 aromatic heterocycles. The molecule has 2 rings (SSSR count). The van der Waals surface area contributed by atoms with E-state index in [4.69, 9.17) is 5.11 Å². The fraction of sp³-hybridized carbons (Fsp3) is 0.417. The van der Waals surface area contributed by atoms with Crippen molar-refractivity contribution in [3.05, 3.63) is 29.3 Å². The van der Waals surface area contributed by atoms with Crippen LogP contribution in [-0.2, 0) is 17.8 Å². The van der Waals surface area contributed by atoms with Gasteiger partial charge in [0.25, 0.3) is 0 Å². The van der Waals surface area contributed by atoms with Gasteiger partial charge in [-0.05, 0) is 30.2 Å². The van der Waals surface area contributed by atoms with Gasteiger partial charge in [0.05, 0.1) is 6.42 Å². The van der Waals surface area contributed by atoms with Crippen LogP contribution in [0.2, 0.25) is 0 Å². The molecule has 1 aliphatic rings. The van der Waals surface area contributed by atoms with E-state index in [9.17, 15) is 4.79 Å². The molecule has 16 heavy (non-hydrogen) atoms. The monoisotopic (exact) mass is 220 g/mol. The summed E-state index contributed by atoms with van der Waals surface area (Å²) in [5, 5.41) is 14.7. The Hall–Kier alpha value is -1.39. The van der Waals surface area contributed by atoms with Crippen molar-refractivity contribution in [2.75, 3.05) is 18.5 Å². The van der Waals surface area contributed by atoms with Crippen LogP contribution in [0.25, 0.3) is 0 Å². The second-order valence-electron chi connectivity index (χ2n) is 3.97. The summed E-state index contributed by atoms with van der Waals surface area (Å²) >= 11 is 0. The zero-order valence-corrected chi connectivity index (χ0v) is 9.12. The second-order valence-corrected chi connectivity index (χ2v) is 3.97. The molecule has 1 amide bonds. The lowest BCUT2D eigenvalue weighted by molar-refractivity contribution is -0.115. The lowest BCUT2D eigenvalue weighted by Gasteiger charge is -2.05. The number of fused-ring (bicyclic) bond motifs is 1. The summed E-state index contributed by atoms with van der Waals surface area (Å²) in [6, 6.07) is 6.01. The van der Waals surface area contributed by atoms with E-state index >= 15 is 0 Å². The van der Waals surface area contributed by atoms with Crippen molar-refractivity contribution in [3.63, 3.8) is 0 Å². The largest absolute Gasteiger partial charge is 0.396 e. The molecule has 4 nitrogen and oxygen atoms in total. The first kappa shape index (κ1) is 11.1. The van der Waals surface area contributed by atoms with Crippen LogP contribution in [0.5, 0.6) is 0 Å². The van der Waals surface area contributed by atoms with Crippen LogP contribution in [0.3, 0.4) is 0 Å². The molecule has 1 aromatic carbocycles. The second kappa shape index (κ2) is 5.09. The number of nitrogens with one attached hydrogen (secondary N) is 2. The minimum atomic E-state index is 0.0698. The Bertz CT molecular complexity index is 391. The Morgan fingerprint density at radius 1 is 1.44 bits per heavy atom. The zero-order chi connectivity index (χ0) is 11.4. The topological polar surface area (TPSA) is 61.4 Å². The molecule has 1 aliphatic heterocycles. The quantitative estimate of drug-likeness (QED) is 0.639. The Morgan fingerprint density at radius 2 is 2.31 bits per heavy atom. The summed E-state index contributed by atoms with van der Waals surface area (Å²) in [7, 11) is 0. The smallest absolute Gasteiger partial charge is 0.228 e. The molecule has 1 heterocycles. The van der Waals surface area contributed by atoms with Crippen LogP contribution in [0.4, 0.5) is 5.69 Å². The van der Waals surface area contributed by atoms with E-state index in [0.29, 0.717) is 6.42 Å². The highest BCUT2D eigenvalue weighted by Crippen LogP contribution is 2.23. The van der Waals surface area contributed by atoms with Crippen molar-refractivity contribution in [2.45, 2.75) is 19.4 Å². The number of hydrogen-bond acceptors (Lipinski definition) is 3. The number of rotatable bonds is 5. The first-order chi connectivity index (χ1) is 7.79. The number of carbonyl (C=O) groups is 1. The predicted molar refractivity (Wildman–Crippen MR) is 62.2 cm³/mol. The molecule has 86 valence electrons. The molecular weight excluding hydrogens is 204 g/mol. The van der Waals surface area contributed by atoms with E-state index in [1.54, 1.807) is 0 Å². The van der Waals surface area contributed by atoms with E-state index in [0.717, 1.165) is 30.8 Å². The maximum absolute atomic E-state index is 11.2. The minimum absolute atomic E-state index is 0.0698. The van der Waals surface area contributed by atoms with E-state index in [1.165, 1.54) is 5.56 Å². The fourth-order valence-electron chi connectivity index (χ4n) is 1.83. The van der Waals surface area contributed by atoms with Gasteiger partial charge >= 0.3 is 0 Å². The predicted octanol–water partition coefficient (Wildman–Crippen LogP) is 0.653. The average Bonchev–Trinajstić information content (AvgIpc) is 2.64. The highest BCUT2D eigenvalue weighted by atomic mass is 16.3. The normalized spacial score (nSPS) is 13.7. The zero-order valence-electron chi connectivity index (χ0n) is 9.12. The van der Waals surface area contributed by atoms with Gasteiger partial charge in [0.1, 0.15) is 0 Å². The Labute approximate surface area is 94.7 Å². The van der Waals surface area contributed by atoms with Gasteiger partial charge in [-0.3, -0.25) is 4.79 Å². The number of amides is 1. The highest BCUT2D eigenvalue weighted by molar-refractivity contribution is 5.99. The van der Waals surface area contributed by atoms with Gasteiger partial charge in [-0.15, -0.1) is 0 Å². The van der Waals surface area contributed by atoms with Gasteiger partial charge in [0.2, 0.25) is 5.91 Å². The molecule has 0 saturated heterocycles. The summed E-state index contributed by atoms with van der Waals surface area (Å²) in [5.41, 5.74) is 3.18. The van der Waals surface area contributed by atoms with Gasteiger partial charge < -0.3 is 15.7 Å². The van der Waals surface area contributed by atoms with E-state index in [-0.39, 0.29) is 12.5 Å². The van der Waals surface area contributed by atoms with Crippen LogP contribution in [0.15, 0.2) is 18.2 Å². The lowest BCUT2D eigenvalue weighted by atomic mass is 10.1. The Balaban J connectivity index is 1.92. The van der Waals surface area contributed by atoms with Crippen LogP contribution in [-0.4, -0.2) is 24.2 Å². The van der Waals surface area contributed by atoms with Crippen LogP contribution >= 0.6 is 0 Å². The average molecular weight is 220 g/mol. The first-order valence-electron chi connectivity index (χ1n) is 5.53. The molecule has 4 heteroatoms. The standard InChI is InChI=1S/C12H16N2O2/c15-5-1-4-13-8-9-2-3-11-10(6-9)7-12(16)14-11/h2-3,6,13,15H,1,4-5,7-8H2,(H,14,16). The third-order valence-corrected chi connectivity index (χ3v) is 2.64. The van der Waals surface area contributed by atoms with Crippen LogP contribution in [0, 0.1) is 0 Å². The summed E-state index contributed by atoms with van der Waals surface area (Å²) < 4.78 is 0. The third kappa shape index (κ3) is 2.59. The van der Waals surface area contributed by atoms with Crippen LogP contribution in [0.1, 0.15) is 17.5 Å². The van der Waals surface area contributed by atoms with Gasteiger partial charge in [0.15, 0.2) is 0 Å². The minimum Gasteiger partial charge on any atom is -0.396 e. The van der Waals surface area contributed by atoms with Crippen molar-refractivity contribution in [1.29, 1.82) is 0 Å². The summed E-state index contributed by atoms with van der Waals surface area (Å²) in [4.78, 5) is 11.2. The van der Waals surface area contributed by atoms with E-state index in [1.807, 2.05) is 12.1 Å². The van der Waals surface area contributed by atoms with Crippen molar-refractivity contribution in [3.8, 4) is 0 Å². The third-order valence-electron chi connectivity index (χ3n) is 2.64. The number of aliphatic hydroxyl groups excluding tert-OH is 1. The van der Waals surface area contributed by atoms with Crippen LogP contribution < -0.4 is 10.6 Å². The molecule has 0 aliphatic carbocycles.